The lowest BCUT2D eigenvalue weighted by Crippen LogP contribution is -2.29. The quantitative estimate of drug-likeness (QED) is 0.450. The summed E-state index contributed by atoms with van der Waals surface area (Å²) in [5, 5.41) is 13.7. The zero-order valence-corrected chi connectivity index (χ0v) is 15.8. The van der Waals surface area contributed by atoms with Crippen LogP contribution in [0.15, 0.2) is 54.6 Å². The minimum absolute atomic E-state index is 0.00748. The van der Waals surface area contributed by atoms with Crippen LogP contribution in [-0.4, -0.2) is 28.8 Å². The molecule has 1 amide bonds. The Labute approximate surface area is 165 Å². The van der Waals surface area contributed by atoms with Gasteiger partial charge in [0.05, 0.1) is 4.92 Å². The maximum Gasteiger partial charge on any atom is 0.270 e. The Hall–Kier alpha value is -2.99. The second-order valence-electron chi connectivity index (χ2n) is 7.06. The summed E-state index contributed by atoms with van der Waals surface area (Å²) in [6, 6.07) is 14.5. The Kier molecular flexibility index (Phi) is 6.92. The third-order valence-corrected chi connectivity index (χ3v) is 4.82. The van der Waals surface area contributed by atoms with E-state index in [9.17, 15) is 14.9 Å². The highest BCUT2D eigenvalue weighted by Crippen LogP contribution is 2.15. The van der Waals surface area contributed by atoms with Crippen molar-refractivity contribution in [2.45, 2.75) is 32.4 Å². The topological polar surface area (TPSA) is 75.5 Å². The molecule has 0 bridgehead atoms. The van der Waals surface area contributed by atoms with Gasteiger partial charge in [-0.2, -0.15) is 0 Å². The van der Waals surface area contributed by atoms with Crippen LogP contribution in [0.1, 0.15) is 36.0 Å². The van der Waals surface area contributed by atoms with Crippen LogP contribution in [0.4, 0.5) is 5.69 Å². The van der Waals surface area contributed by atoms with Crippen molar-refractivity contribution < 1.29 is 9.72 Å². The van der Waals surface area contributed by atoms with E-state index < -0.39 is 4.92 Å². The molecule has 2 aromatic rings. The van der Waals surface area contributed by atoms with Gasteiger partial charge in [0, 0.05) is 31.3 Å². The largest absolute Gasteiger partial charge is 0.348 e. The van der Waals surface area contributed by atoms with Crippen molar-refractivity contribution in [3.63, 3.8) is 0 Å². The van der Waals surface area contributed by atoms with Crippen LogP contribution < -0.4 is 5.32 Å². The highest BCUT2D eigenvalue weighted by atomic mass is 16.6. The number of hydrogen-bond donors (Lipinski definition) is 1. The van der Waals surface area contributed by atoms with Crippen molar-refractivity contribution in [2.75, 3.05) is 13.1 Å². The molecular formula is C22H25N3O3. The van der Waals surface area contributed by atoms with Crippen LogP contribution in [0.5, 0.6) is 0 Å². The number of likely N-dealkylation sites (tertiary alicyclic amines) is 1. The first-order valence-electron chi connectivity index (χ1n) is 9.61. The zero-order chi connectivity index (χ0) is 19.8. The van der Waals surface area contributed by atoms with E-state index in [0.717, 1.165) is 25.2 Å². The van der Waals surface area contributed by atoms with Gasteiger partial charge in [-0.1, -0.05) is 42.8 Å². The zero-order valence-electron chi connectivity index (χ0n) is 15.8. The molecule has 1 aliphatic rings. The van der Waals surface area contributed by atoms with E-state index in [4.69, 9.17) is 0 Å². The predicted octanol–water partition coefficient (Wildman–Crippen LogP) is 3.91. The number of non-ortho nitro benzene ring substituents is 1. The first-order chi connectivity index (χ1) is 13.6. The van der Waals surface area contributed by atoms with Gasteiger partial charge in [0.25, 0.3) is 5.69 Å². The number of nitrogens with zero attached hydrogens (tertiary/aromatic N) is 2. The molecule has 3 rings (SSSR count). The molecule has 0 radical (unpaired) electrons. The number of hydrogen-bond acceptors (Lipinski definition) is 4. The van der Waals surface area contributed by atoms with Gasteiger partial charge in [0.15, 0.2) is 0 Å². The van der Waals surface area contributed by atoms with E-state index in [2.05, 4.69) is 22.3 Å². The molecular weight excluding hydrogens is 354 g/mol. The van der Waals surface area contributed by atoms with Crippen molar-refractivity contribution in [3.05, 3.63) is 81.4 Å². The van der Waals surface area contributed by atoms with Crippen LogP contribution in [-0.2, 0) is 17.9 Å². The maximum atomic E-state index is 12.1. The number of carbonyl (C=O) groups excluding carboxylic acids is 1. The number of benzene rings is 2. The monoisotopic (exact) mass is 379 g/mol. The highest BCUT2D eigenvalue weighted by molar-refractivity contribution is 5.91. The van der Waals surface area contributed by atoms with Gasteiger partial charge in [-0.15, -0.1) is 0 Å². The molecule has 1 N–H and O–H groups in total. The van der Waals surface area contributed by atoms with Crippen LogP contribution in [0.25, 0.3) is 6.08 Å². The van der Waals surface area contributed by atoms with E-state index in [1.165, 1.54) is 43.0 Å². The molecule has 6 heteroatoms. The number of nitro groups is 1. The second kappa shape index (κ2) is 9.80. The van der Waals surface area contributed by atoms with Crippen molar-refractivity contribution in [2.24, 2.45) is 0 Å². The molecule has 0 aromatic heterocycles. The molecule has 0 unspecified atom stereocenters. The van der Waals surface area contributed by atoms with Crippen molar-refractivity contribution in [1.29, 1.82) is 0 Å². The van der Waals surface area contributed by atoms with Gasteiger partial charge in [0.1, 0.15) is 0 Å². The first kappa shape index (κ1) is 19.8. The third kappa shape index (κ3) is 6.03. The van der Waals surface area contributed by atoms with E-state index >= 15 is 0 Å². The van der Waals surface area contributed by atoms with E-state index in [1.807, 2.05) is 12.1 Å². The molecule has 0 saturated carbocycles. The van der Waals surface area contributed by atoms with Gasteiger partial charge in [-0.3, -0.25) is 19.8 Å². The number of carbonyl (C=O) groups is 1. The maximum absolute atomic E-state index is 12.1. The van der Waals surface area contributed by atoms with E-state index in [1.54, 1.807) is 18.2 Å². The summed E-state index contributed by atoms with van der Waals surface area (Å²) in [5.41, 5.74) is 2.95. The summed E-state index contributed by atoms with van der Waals surface area (Å²) in [5.74, 6) is -0.229. The molecule has 0 spiro atoms. The molecule has 146 valence electrons. The highest BCUT2D eigenvalue weighted by Gasteiger charge is 2.10. The average Bonchev–Trinajstić information content (AvgIpc) is 2.72. The standard InChI is InChI=1S/C22H25N3O3/c26-22(11-10-18-6-5-9-21(15-18)25(27)28)23-16-19-7-4-8-20(14-19)17-24-12-2-1-3-13-24/h4-11,14-15H,1-3,12-13,16-17H2,(H,23,26)/b11-10+. The number of nitrogens with one attached hydrogen (secondary N) is 1. The molecule has 6 nitrogen and oxygen atoms in total. The summed E-state index contributed by atoms with van der Waals surface area (Å²) in [4.78, 5) is 24.9. The van der Waals surface area contributed by atoms with Crippen LogP contribution in [0.2, 0.25) is 0 Å². The van der Waals surface area contributed by atoms with Gasteiger partial charge in [-0.25, -0.2) is 0 Å². The van der Waals surface area contributed by atoms with Gasteiger partial charge < -0.3 is 5.32 Å². The van der Waals surface area contributed by atoms with Crippen molar-refractivity contribution in [3.8, 4) is 0 Å². The molecule has 1 heterocycles. The molecule has 2 aromatic carbocycles. The van der Waals surface area contributed by atoms with Gasteiger partial charge >= 0.3 is 0 Å². The van der Waals surface area contributed by atoms with Crippen molar-refractivity contribution in [1.82, 2.24) is 10.2 Å². The lowest BCUT2D eigenvalue weighted by atomic mass is 10.1. The minimum atomic E-state index is -0.450. The van der Waals surface area contributed by atoms with Gasteiger partial charge in [-0.05, 0) is 48.7 Å². The molecule has 1 fully saturated rings. The fourth-order valence-electron chi connectivity index (χ4n) is 3.38. The number of rotatable bonds is 7. The fourth-order valence-corrected chi connectivity index (χ4v) is 3.38. The molecule has 0 aliphatic carbocycles. The Morgan fingerprint density at radius 1 is 1.07 bits per heavy atom. The normalized spacial score (nSPS) is 14.9. The Morgan fingerprint density at radius 2 is 1.82 bits per heavy atom. The Balaban J connectivity index is 1.52. The van der Waals surface area contributed by atoms with E-state index in [0.29, 0.717) is 12.1 Å². The molecule has 28 heavy (non-hydrogen) atoms. The van der Waals surface area contributed by atoms with Crippen LogP contribution in [0.3, 0.4) is 0 Å². The molecule has 0 atom stereocenters. The van der Waals surface area contributed by atoms with Gasteiger partial charge in [0.2, 0.25) is 5.91 Å². The first-order valence-corrected chi connectivity index (χ1v) is 9.61. The lowest BCUT2D eigenvalue weighted by Gasteiger charge is -2.26. The van der Waals surface area contributed by atoms with E-state index in [-0.39, 0.29) is 11.6 Å². The van der Waals surface area contributed by atoms with Crippen LogP contribution >= 0.6 is 0 Å². The third-order valence-electron chi connectivity index (χ3n) is 4.82. The average molecular weight is 379 g/mol. The predicted molar refractivity (Wildman–Crippen MR) is 110 cm³/mol. The smallest absolute Gasteiger partial charge is 0.270 e. The van der Waals surface area contributed by atoms with Crippen LogP contribution in [0, 0.1) is 10.1 Å². The lowest BCUT2D eigenvalue weighted by molar-refractivity contribution is -0.384. The summed E-state index contributed by atoms with van der Waals surface area (Å²) < 4.78 is 0. The SMILES string of the molecule is O=C(/C=C/c1cccc([N+](=O)[O-])c1)NCc1cccc(CN2CCCCC2)c1. The summed E-state index contributed by atoms with van der Waals surface area (Å²) in [6.07, 6.45) is 6.84. The second-order valence-corrected chi connectivity index (χ2v) is 7.06. The number of piperidine rings is 1. The van der Waals surface area contributed by atoms with Crippen molar-refractivity contribution >= 4 is 17.7 Å². The Bertz CT molecular complexity index is 858. The number of nitro benzene ring substituents is 1. The molecule has 1 saturated heterocycles. The fraction of sp³-hybridized carbons (Fsp3) is 0.318. The number of amides is 1. The summed E-state index contributed by atoms with van der Waals surface area (Å²) in [6.45, 7) is 3.72. The summed E-state index contributed by atoms with van der Waals surface area (Å²) >= 11 is 0. The molecule has 1 aliphatic heterocycles. The summed E-state index contributed by atoms with van der Waals surface area (Å²) in [7, 11) is 0. The Morgan fingerprint density at radius 3 is 2.61 bits per heavy atom. The minimum Gasteiger partial charge on any atom is -0.348 e.